The lowest BCUT2D eigenvalue weighted by Crippen LogP contribution is -2.20. The maximum absolute atomic E-state index is 12.9. The lowest BCUT2D eigenvalue weighted by atomic mass is 9.87. The van der Waals surface area contributed by atoms with E-state index in [9.17, 15) is 13.2 Å². The van der Waals surface area contributed by atoms with Gasteiger partial charge in [0.2, 0.25) is 0 Å². The van der Waals surface area contributed by atoms with E-state index >= 15 is 0 Å². The predicted octanol–water partition coefficient (Wildman–Crippen LogP) is 4.40. The van der Waals surface area contributed by atoms with E-state index in [0.29, 0.717) is 12.6 Å². The normalized spacial score (nSPS) is 21.0. The van der Waals surface area contributed by atoms with Crippen LogP contribution in [0.25, 0.3) is 0 Å². The third-order valence-electron chi connectivity index (χ3n) is 4.70. The van der Waals surface area contributed by atoms with Crippen molar-refractivity contribution in [3.05, 3.63) is 34.9 Å². The molecule has 0 heterocycles. The molecular weight excluding hydrogens is 263 g/mol. The van der Waals surface area contributed by atoms with Crippen molar-refractivity contribution in [3.63, 3.8) is 0 Å². The van der Waals surface area contributed by atoms with Gasteiger partial charge in [-0.3, -0.25) is 0 Å². The Morgan fingerprint density at radius 2 is 1.95 bits per heavy atom. The first-order valence-corrected chi connectivity index (χ1v) is 7.39. The number of benzene rings is 1. The van der Waals surface area contributed by atoms with Gasteiger partial charge in [0.15, 0.2) is 0 Å². The van der Waals surface area contributed by atoms with E-state index in [4.69, 9.17) is 0 Å². The highest BCUT2D eigenvalue weighted by atomic mass is 19.4. The Labute approximate surface area is 117 Å². The van der Waals surface area contributed by atoms with Gasteiger partial charge >= 0.3 is 6.18 Å². The maximum Gasteiger partial charge on any atom is 0.416 e. The van der Waals surface area contributed by atoms with Crippen LogP contribution < -0.4 is 5.32 Å². The van der Waals surface area contributed by atoms with Gasteiger partial charge in [0.25, 0.3) is 0 Å². The molecule has 2 aliphatic carbocycles. The van der Waals surface area contributed by atoms with Crippen molar-refractivity contribution < 1.29 is 13.2 Å². The van der Waals surface area contributed by atoms with E-state index in [1.165, 1.54) is 25.0 Å². The van der Waals surface area contributed by atoms with Crippen LogP contribution in [-0.4, -0.2) is 6.04 Å². The van der Waals surface area contributed by atoms with Gasteiger partial charge in [0, 0.05) is 12.6 Å². The Morgan fingerprint density at radius 3 is 2.45 bits per heavy atom. The molecule has 0 aromatic heterocycles. The van der Waals surface area contributed by atoms with Gasteiger partial charge in [-0.25, -0.2) is 0 Å². The fourth-order valence-electron chi connectivity index (χ4n) is 2.91. The molecule has 0 unspecified atom stereocenters. The van der Waals surface area contributed by atoms with Crippen molar-refractivity contribution in [2.75, 3.05) is 0 Å². The molecular formula is C16H20F3N. The number of hydrogen-bond acceptors (Lipinski definition) is 1. The smallest absolute Gasteiger partial charge is 0.310 e. The van der Waals surface area contributed by atoms with E-state index in [1.807, 2.05) is 0 Å². The molecule has 0 atom stereocenters. The number of nitrogens with one attached hydrogen (secondary N) is 1. The van der Waals surface area contributed by atoms with Gasteiger partial charge in [0.05, 0.1) is 5.56 Å². The number of halogens is 3. The number of alkyl halides is 3. The molecule has 3 rings (SSSR count). The van der Waals surface area contributed by atoms with Crippen LogP contribution in [0.2, 0.25) is 0 Å². The molecule has 0 spiro atoms. The average molecular weight is 283 g/mol. The van der Waals surface area contributed by atoms with Crippen LogP contribution in [0, 0.1) is 0 Å². The molecule has 2 fully saturated rings. The number of hydrogen-bond donors (Lipinski definition) is 1. The Morgan fingerprint density at radius 1 is 1.25 bits per heavy atom. The van der Waals surface area contributed by atoms with E-state index < -0.39 is 11.7 Å². The van der Waals surface area contributed by atoms with Crippen molar-refractivity contribution in [3.8, 4) is 0 Å². The van der Waals surface area contributed by atoms with E-state index in [-0.39, 0.29) is 5.41 Å². The monoisotopic (exact) mass is 283 g/mol. The molecule has 0 radical (unpaired) electrons. The summed E-state index contributed by atoms with van der Waals surface area (Å²) in [6.07, 6.45) is 1.08. The zero-order valence-corrected chi connectivity index (χ0v) is 11.7. The number of rotatable bonds is 5. The molecule has 2 aliphatic rings. The van der Waals surface area contributed by atoms with Gasteiger partial charge in [-0.05, 0) is 60.8 Å². The van der Waals surface area contributed by atoms with Crippen LogP contribution in [0.4, 0.5) is 13.2 Å². The fourth-order valence-corrected chi connectivity index (χ4v) is 2.91. The van der Waals surface area contributed by atoms with Crippen molar-refractivity contribution in [2.45, 2.75) is 63.2 Å². The lowest BCUT2D eigenvalue weighted by molar-refractivity contribution is -0.137. The topological polar surface area (TPSA) is 12.0 Å². The highest BCUT2D eigenvalue weighted by Crippen LogP contribution is 2.52. The molecule has 1 aromatic rings. The quantitative estimate of drug-likeness (QED) is 0.844. The second kappa shape index (κ2) is 4.76. The third-order valence-corrected chi connectivity index (χ3v) is 4.70. The fraction of sp³-hybridized carbons (Fsp3) is 0.625. The van der Waals surface area contributed by atoms with Crippen molar-refractivity contribution in [2.24, 2.45) is 0 Å². The van der Waals surface area contributed by atoms with Crippen molar-refractivity contribution in [1.29, 1.82) is 0 Å². The second-order valence-electron chi connectivity index (χ2n) is 6.16. The molecule has 0 aliphatic heterocycles. The molecule has 1 N–H and O–H groups in total. The summed E-state index contributed by atoms with van der Waals surface area (Å²) in [4.78, 5) is 0. The van der Waals surface area contributed by atoms with Crippen LogP contribution >= 0.6 is 0 Å². The van der Waals surface area contributed by atoms with Gasteiger partial charge in [0.1, 0.15) is 0 Å². The zero-order valence-electron chi connectivity index (χ0n) is 11.7. The van der Waals surface area contributed by atoms with Crippen LogP contribution in [-0.2, 0) is 18.1 Å². The zero-order chi connectivity index (χ0) is 14.4. The molecule has 2 saturated carbocycles. The van der Waals surface area contributed by atoms with E-state index in [0.717, 1.165) is 30.4 Å². The molecule has 110 valence electrons. The second-order valence-corrected chi connectivity index (χ2v) is 6.16. The van der Waals surface area contributed by atoms with Crippen LogP contribution in [0.3, 0.4) is 0 Å². The third kappa shape index (κ3) is 2.71. The van der Waals surface area contributed by atoms with Crippen molar-refractivity contribution in [1.82, 2.24) is 5.32 Å². The summed E-state index contributed by atoms with van der Waals surface area (Å²) in [6.45, 7) is 2.77. The largest absolute Gasteiger partial charge is 0.416 e. The first-order chi connectivity index (χ1) is 9.44. The molecule has 0 bridgehead atoms. The van der Waals surface area contributed by atoms with Crippen molar-refractivity contribution >= 4 is 0 Å². The summed E-state index contributed by atoms with van der Waals surface area (Å²) in [6, 6.07) is 4.85. The summed E-state index contributed by atoms with van der Waals surface area (Å²) >= 11 is 0. The highest BCUT2D eigenvalue weighted by Gasteiger charge is 2.45. The van der Waals surface area contributed by atoms with E-state index in [2.05, 4.69) is 12.2 Å². The van der Waals surface area contributed by atoms with Gasteiger partial charge in [-0.15, -0.1) is 0 Å². The molecule has 0 saturated heterocycles. The Balaban J connectivity index is 1.91. The summed E-state index contributed by atoms with van der Waals surface area (Å²) in [5.74, 6) is 0. The summed E-state index contributed by atoms with van der Waals surface area (Å²) < 4.78 is 38.8. The minimum atomic E-state index is -4.25. The maximum atomic E-state index is 12.9. The van der Waals surface area contributed by atoms with Gasteiger partial charge in [-0.2, -0.15) is 13.2 Å². The molecule has 4 heteroatoms. The summed E-state index contributed by atoms with van der Waals surface area (Å²) in [5, 5.41) is 3.41. The van der Waals surface area contributed by atoms with Crippen LogP contribution in [0.1, 0.15) is 55.7 Å². The highest BCUT2D eigenvalue weighted by molar-refractivity contribution is 5.42. The SMILES string of the molecule is CCC1(c2cc(C(F)(F)F)ccc2CNC2CC2)CC1. The van der Waals surface area contributed by atoms with Crippen LogP contribution in [0.5, 0.6) is 0 Å². The minimum Gasteiger partial charge on any atom is -0.310 e. The van der Waals surface area contributed by atoms with Gasteiger partial charge < -0.3 is 5.32 Å². The molecule has 0 amide bonds. The average Bonchev–Trinajstić information content (AvgIpc) is 3.28. The lowest BCUT2D eigenvalue weighted by Gasteiger charge is -2.20. The standard InChI is InChI=1S/C16H20F3N/c1-2-15(7-8-15)14-9-12(16(17,18)19)4-3-11(14)10-20-13-5-6-13/h3-4,9,13,20H,2,5-8,10H2,1H3. The van der Waals surface area contributed by atoms with E-state index in [1.54, 1.807) is 6.07 Å². The van der Waals surface area contributed by atoms with Crippen LogP contribution in [0.15, 0.2) is 18.2 Å². The minimum absolute atomic E-state index is 0.00181. The summed E-state index contributed by atoms with van der Waals surface area (Å²) in [5.41, 5.74) is 1.46. The Hall–Kier alpha value is -1.03. The first kappa shape index (κ1) is 13.9. The summed E-state index contributed by atoms with van der Waals surface area (Å²) in [7, 11) is 0. The predicted molar refractivity (Wildman–Crippen MR) is 72.5 cm³/mol. The Bertz CT molecular complexity index is 499. The Kier molecular flexibility index (Phi) is 3.32. The molecule has 1 aromatic carbocycles. The first-order valence-electron chi connectivity index (χ1n) is 7.39. The van der Waals surface area contributed by atoms with Gasteiger partial charge in [-0.1, -0.05) is 13.0 Å². The molecule has 1 nitrogen and oxygen atoms in total. The molecule has 20 heavy (non-hydrogen) atoms.